The molecule has 1 radical (unpaired) electrons. The summed E-state index contributed by atoms with van der Waals surface area (Å²) in [6.07, 6.45) is 4.26. The first-order valence-electron chi connectivity index (χ1n) is 4.84. The van der Waals surface area contributed by atoms with Crippen molar-refractivity contribution in [2.24, 2.45) is 0 Å². The van der Waals surface area contributed by atoms with Gasteiger partial charge in [-0.3, -0.25) is 14.8 Å². The molecular formula is C12H12NO3. The highest BCUT2D eigenvalue weighted by Gasteiger charge is 2.13. The number of amides is 1. The number of hydroxylamine groups is 2. The van der Waals surface area contributed by atoms with Crippen LogP contribution in [0.15, 0.2) is 30.3 Å². The highest BCUT2D eigenvalue weighted by molar-refractivity contribution is 5.97. The number of allylic oxidation sites excluding steroid dienone is 1. The van der Waals surface area contributed by atoms with Crippen LogP contribution < -0.4 is 0 Å². The van der Waals surface area contributed by atoms with Crippen LogP contribution in [0.2, 0.25) is 0 Å². The summed E-state index contributed by atoms with van der Waals surface area (Å²) < 4.78 is 0. The molecule has 16 heavy (non-hydrogen) atoms. The first-order valence-corrected chi connectivity index (χ1v) is 4.84. The molecule has 4 heteroatoms. The van der Waals surface area contributed by atoms with Gasteiger partial charge in [0, 0.05) is 12.1 Å². The molecule has 0 saturated carbocycles. The van der Waals surface area contributed by atoms with E-state index in [4.69, 9.17) is 0 Å². The van der Waals surface area contributed by atoms with Gasteiger partial charge in [-0.25, -0.2) is 5.06 Å². The molecule has 0 aliphatic heterocycles. The van der Waals surface area contributed by atoms with E-state index in [2.05, 4.69) is 0 Å². The summed E-state index contributed by atoms with van der Waals surface area (Å²) in [5.41, 5.74) is 0.918. The average Bonchev–Trinajstić information content (AvgIpc) is 2.34. The normalized spacial score (nSPS) is 10.4. The van der Waals surface area contributed by atoms with E-state index in [1.165, 1.54) is 12.2 Å². The second kappa shape index (κ2) is 5.82. The van der Waals surface area contributed by atoms with E-state index in [1.54, 1.807) is 37.5 Å². The molecule has 4 nitrogen and oxygen atoms in total. The highest BCUT2D eigenvalue weighted by atomic mass is 16.5. The molecule has 0 unspecified atom stereocenters. The van der Waals surface area contributed by atoms with Crippen LogP contribution in [0.5, 0.6) is 0 Å². The van der Waals surface area contributed by atoms with Gasteiger partial charge in [0.05, 0.1) is 0 Å². The zero-order valence-corrected chi connectivity index (χ0v) is 8.88. The van der Waals surface area contributed by atoms with Crippen LogP contribution in [0, 0.1) is 0 Å². The fourth-order valence-corrected chi connectivity index (χ4v) is 1.24. The standard InChI is InChI=1S/C12H12NO3/c1-2-13(16)12(15)11-8-4-3-6-10(11)7-5-9-14/h3-8,16H,2H2,1H3/b7-5+. The summed E-state index contributed by atoms with van der Waals surface area (Å²) in [5.74, 6) is -0.492. The molecule has 1 aromatic rings. The number of hydrogen-bond acceptors (Lipinski definition) is 3. The smallest absolute Gasteiger partial charge is 0.277 e. The maximum absolute atomic E-state index is 11.7. The van der Waals surface area contributed by atoms with E-state index in [1.807, 2.05) is 0 Å². The van der Waals surface area contributed by atoms with Gasteiger partial charge >= 0.3 is 0 Å². The lowest BCUT2D eigenvalue weighted by molar-refractivity contribution is -0.0541. The molecule has 0 saturated heterocycles. The van der Waals surface area contributed by atoms with Gasteiger partial charge in [-0.15, -0.1) is 0 Å². The third kappa shape index (κ3) is 2.77. The summed E-state index contributed by atoms with van der Waals surface area (Å²) in [6, 6.07) is 6.71. The van der Waals surface area contributed by atoms with Crippen LogP contribution in [0.3, 0.4) is 0 Å². The van der Waals surface area contributed by atoms with Crippen LogP contribution in [0.1, 0.15) is 22.8 Å². The Balaban J connectivity index is 3.07. The molecule has 0 bridgehead atoms. The monoisotopic (exact) mass is 218 g/mol. The van der Waals surface area contributed by atoms with Crippen molar-refractivity contribution in [3.05, 3.63) is 41.5 Å². The number of nitrogens with zero attached hydrogens (tertiary/aromatic N) is 1. The van der Waals surface area contributed by atoms with E-state index >= 15 is 0 Å². The number of rotatable bonds is 4. The van der Waals surface area contributed by atoms with Crippen molar-refractivity contribution in [2.75, 3.05) is 6.54 Å². The Morgan fingerprint density at radius 1 is 1.50 bits per heavy atom. The minimum Gasteiger partial charge on any atom is -0.286 e. The number of hydrogen-bond donors (Lipinski definition) is 1. The second-order valence-electron chi connectivity index (χ2n) is 3.06. The lowest BCUT2D eigenvalue weighted by Gasteiger charge is -2.13. The van der Waals surface area contributed by atoms with Gasteiger partial charge in [-0.05, 0) is 24.6 Å². The van der Waals surface area contributed by atoms with E-state index in [-0.39, 0.29) is 6.54 Å². The van der Waals surface area contributed by atoms with E-state index in [9.17, 15) is 14.8 Å². The molecule has 0 aromatic heterocycles. The topological polar surface area (TPSA) is 57.6 Å². The predicted octanol–water partition coefficient (Wildman–Crippen LogP) is 1.66. The molecule has 83 valence electrons. The summed E-state index contributed by atoms with van der Waals surface area (Å²) in [6.45, 7) is 1.87. The van der Waals surface area contributed by atoms with Crippen LogP contribution in [-0.2, 0) is 4.79 Å². The van der Waals surface area contributed by atoms with Crippen LogP contribution >= 0.6 is 0 Å². The van der Waals surface area contributed by atoms with E-state index in [0.29, 0.717) is 16.2 Å². The van der Waals surface area contributed by atoms with Gasteiger partial charge in [0.25, 0.3) is 5.91 Å². The molecule has 0 spiro atoms. The summed E-state index contributed by atoms with van der Waals surface area (Å²) in [7, 11) is 0. The van der Waals surface area contributed by atoms with Gasteiger partial charge in [-0.2, -0.15) is 0 Å². The minimum absolute atomic E-state index is 0.205. The zero-order chi connectivity index (χ0) is 12.0. The SMILES string of the molecule is CCN(O)C(=O)c1ccccc1/C=C/[C]=O. The third-order valence-electron chi connectivity index (χ3n) is 2.06. The Labute approximate surface area is 93.8 Å². The molecule has 0 fully saturated rings. The van der Waals surface area contributed by atoms with Crippen molar-refractivity contribution in [1.82, 2.24) is 5.06 Å². The first-order chi connectivity index (χ1) is 7.70. The second-order valence-corrected chi connectivity index (χ2v) is 3.06. The molecule has 0 atom stereocenters. The summed E-state index contributed by atoms with van der Waals surface area (Å²) >= 11 is 0. The summed E-state index contributed by atoms with van der Waals surface area (Å²) in [4.78, 5) is 21.8. The molecular weight excluding hydrogens is 206 g/mol. The predicted molar refractivity (Wildman–Crippen MR) is 59.7 cm³/mol. The van der Waals surface area contributed by atoms with Crippen molar-refractivity contribution >= 4 is 18.3 Å². The maximum atomic E-state index is 11.7. The first kappa shape index (κ1) is 12.1. The van der Waals surface area contributed by atoms with Crippen molar-refractivity contribution in [3.63, 3.8) is 0 Å². The lowest BCUT2D eigenvalue weighted by Crippen LogP contribution is -2.27. The van der Waals surface area contributed by atoms with Crippen molar-refractivity contribution < 1.29 is 14.8 Å². The maximum Gasteiger partial charge on any atom is 0.277 e. The zero-order valence-electron chi connectivity index (χ0n) is 8.88. The molecule has 1 amide bonds. The van der Waals surface area contributed by atoms with Gasteiger partial charge in [0.1, 0.15) is 0 Å². The lowest BCUT2D eigenvalue weighted by atomic mass is 10.1. The van der Waals surface area contributed by atoms with E-state index in [0.717, 1.165) is 0 Å². The van der Waals surface area contributed by atoms with Crippen molar-refractivity contribution in [2.45, 2.75) is 6.92 Å². The fourth-order valence-electron chi connectivity index (χ4n) is 1.24. The molecule has 0 aliphatic carbocycles. The van der Waals surface area contributed by atoms with Crippen LogP contribution in [-0.4, -0.2) is 29.0 Å². The number of benzene rings is 1. The third-order valence-corrected chi connectivity index (χ3v) is 2.06. The van der Waals surface area contributed by atoms with Crippen molar-refractivity contribution in [3.8, 4) is 0 Å². The Morgan fingerprint density at radius 2 is 2.19 bits per heavy atom. The molecule has 1 N–H and O–H groups in total. The van der Waals surface area contributed by atoms with Gasteiger partial charge in [-0.1, -0.05) is 24.3 Å². The molecule has 1 rings (SSSR count). The summed E-state index contributed by atoms with van der Waals surface area (Å²) in [5, 5.41) is 9.93. The Hall–Kier alpha value is -1.94. The van der Waals surface area contributed by atoms with Crippen molar-refractivity contribution in [1.29, 1.82) is 0 Å². The Bertz CT molecular complexity index is 412. The molecule has 0 heterocycles. The van der Waals surface area contributed by atoms with Crippen LogP contribution in [0.4, 0.5) is 0 Å². The fraction of sp³-hybridized carbons (Fsp3) is 0.167. The Morgan fingerprint density at radius 3 is 2.81 bits per heavy atom. The number of carbonyl (C=O) groups is 1. The van der Waals surface area contributed by atoms with Gasteiger partial charge in [0.15, 0.2) is 0 Å². The largest absolute Gasteiger partial charge is 0.286 e. The Kier molecular flexibility index (Phi) is 4.42. The van der Waals surface area contributed by atoms with E-state index < -0.39 is 5.91 Å². The van der Waals surface area contributed by atoms with Gasteiger partial charge in [0.2, 0.25) is 6.29 Å². The average molecular weight is 218 g/mol. The molecule has 0 aliphatic rings. The quantitative estimate of drug-likeness (QED) is 0.475. The van der Waals surface area contributed by atoms with Gasteiger partial charge < -0.3 is 0 Å². The molecule has 1 aromatic carbocycles. The highest BCUT2D eigenvalue weighted by Crippen LogP contribution is 2.12. The number of carbonyl (C=O) groups excluding carboxylic acids is 2. The minimum atomic E-state index is -0.492. The van der Waals surface area contributed by atoms with Crippen LogP contribution in [0.25, 0.3) is 6.08 Å².